The molecule has 3 aromatic rings. The lowest BCUT2D eigenvalue weighted by Crippen LogP contribution is -2.41. The van der Waals surface area contributed by atoms with Crippen molar-refractivity contribution in [1.82, 2.24) is 9.97 Å². The summed E-state index contributed by atoms with van der Waals surface area (Å²) >= 11 is 3.40. The minimum atomic E-state index is -0.291. The second kappa shape index (κ2) is 8.69. The Morgan fingerprint density at radius 2 is 1.86 bits per heavy atom. The van der Waals surface area contributed by atoms with Crippen molar-refractivity contribution in [1.29, 1.82) is 0 Å². The van der Waals surface area contributed by atoms with Crippen molar-refractivity contribution in [2.75, 3.05) is 23.3 Å². The molecule has 1 N–H and O–H groups in total. The lowest BCUT2D eigenvalue weighted by Gasteiger charge is -2.33. The second-order valence-electron chi connectivity index (χ2n) is 7.03. The molecule has 2 aromatic carbocycles. The summed E-state index contributed by atoms with van der Waals surface area (Å²) in [5.41, 5.74) is 1.55. The number of amides is 1. The van der Waals surface area contributed by atoms with Crippen LogP contribution in [0.1, 0.15) is 12.8 Å². The third kappa shape index (κ3) is 4.79. The molecular formula is C22H20BrFN4O. The first-order chi connectivity index (χ1) is 14.1. The van der Waals surface area contributed by atoms with E-state index in [0.29, 0.717) is 12.4 Å². The fourth-order valence-corrected chi connectivity index (χ4v) is 3.70. The zero-order chi connectivity index (χ0) is 20.2. The molecule has 2 heterocycles. The van der Waals surface area contributed by atoms with Crippen LogP contribution in [-0.4, -0.2) is 29.0 Å². The van der Waals surface area contributed by atoms with Crippen LogP contribution in [-0.2, 0) is 4.79 Å². The van der Waals surface area contributed by atoms with Gasteiger partial charge in [-0.1, -0.05) is 15.9 Å². The predicted molar refractivity (Wildman–Crippen MR) is 115 cm³/mol. The molecular weight excluding hydrogens is 435 g/mol. The molecule has 1 atom stereocenters. The molecule has 0 bridgehead atoms. The molecule has 0 unspecified atom stereocenters. The van der Waals surface area contributed by atoms with Crippen LogP contribution in [0.3, 0.4) is 0 Å². The third-order valence-electron chi connectivity index (χ3n) is 4.97. The molecule has 29 heavy (non-hydrogen) atoms. The number of benzene rings is 2. The first kappa shape index (κ1) is 19.5. The van der Waals surface area contributed by atoms with Crippen LogP contribution in [0.15, 0.2) is 65.3 Å². The number of nitrogens with zero attached hydrogens (tertiary/aromatic N) is 3. The number of nitrogens with one attached hydrogen (secondary N) is 1. The van der Waals surface area contributed by atoms with Crippen molar-refractivity contribution >= 4 is 33.3 Å². The van der Waals surface area contributed by atoms with Crippen LogP contribution in [0.4, 0.5) is 15.9 Å². The molecule has 0 aliphatic carbocycles. The van der Waals surface area contributed by atoms with Crippen LogP contribution in [0.2, 0.25) is 0 Å². The number of halogens is 2. The number of piperidine rings is 1. The summed E-state index contributed by atoms with van der Waals surface area (Å²) in [4.78, 5) is 23.8. The number of hydrogen-bond donors (Lipinski definition) is 1. The highest BCUT2D eigenvalue weighted by molar-refractivity contribution is 9.10. The lowest BCUT2D eigenvalue weighted by atomic mass is 9.97. The van der Waals surface area contributed by atoms with E-state index >= 15 is 0 Å². The Hall–Kier alpha value is -2.80. The molecule has 0 saturated carbocycles. The van der Waals surface area contributed by atoms with Crippen molar-refractivity contribution in [2.24, 2.45) is 5.92 Å². The van der Waals surface area contributed by atoms with E-state index in [1.165, 1.54) is 12.1 Å². The third-order valence-corrected chi connectivity index (χ3v) is 5.50. The summed E-state index contributed by atoms with van der Waals surface area (Å²) in [6.07, 6.45) is 3.45. The van der Waals surface area contributed by atoms with Gasteiger partial charge in [0.2, 0.25) is 5.91 Å². The van der Waals surface area contributed by atoms with Crippen molar-refractivity contribution in [3.8, 4) is 11.4 Å². The molecule has 0 spiro atoms. The summed E-state index contributed by atoms with van der Waals surface area (Å²) in [6.45, 7) is 1.43. The Morgan fingerprint density at radius 1 is 1.10 bits per heavy atom. The first-order valence-corrected chi connectivity index (χ1v) is 10.3. The Labute approximate surface area is 177 Å². The van der Waals surface area contributed by atoms with Crippen molar-refractivity contribution in [3.05, 3.63) is 71.1 Å². The van der Waals surface area contributed by atoms with Gasteiger partial charge in [-0.05, 0) is 67.4 Å². The Bertz CT molecular complexity index is 994. The molecule has 1 aliphatic rings. The largest absolute Gasteiger partial charge is 0.356 e. The van der Waals surface area contributed by atoms with Crippen LogP contribution in [0.5, 0.6) is 0 Å². The molecule has 1 aliphatic heterocycles. The highest BCUT2D eigenvalue weighted by Gasteiger charge is 2.27. The number of hydrogen-bond acceptors (Lipinski definition) is 4. The monoisotopic (exact) mass is 454 g/mol. The van der Waals surface area contributed by atoms with Crippen molar-refractivity contribution in [3.63, 3.8) is 0 Å². The normalized spacial score (nSPS) is 16.5. The number of rotatable bonds is 4. The average molecular weight is 455 g/mol. The van der Waals surface area contributed by atoms with E-state index in [4.69, 9.17) is 0 Å². The molecule has 4 rings (SSSR count). The molecule has 1 amide bonds. The van der Waals surface area contributed by atoms with Gasteiger partial charge in [-0.25, -0.2) is 14.4 Å². The van der Waals surface area contributed by atoms with E-state index in [0.717, 1.165) is 40.9 Å². The summed E-state index contributed by atoms with van der Waals surface area (Å²) < 4.78 is 14.2. The summed E-state index contributed by atoms with van der Waals surface area (Å²) in [6, 6.07) is 15.5. The molecule has 1 aromatic heterocycles. The Kier molecular flexibility index (Phi) is 5.85. The van der Waals surface area contributed by atoms with Gasteiger partial charge in [0, 0.05) is 35.0 Å². The quantitative estimate of drug-likeness (QED) is 0.608. The van der Waals surface area contributed by atoms with Crippen LogP contribution in [0.25, 0.3) is 11.4 Å². The van der Waals surface area contributed by atoms with Crippen molar-refractivity contribution < 1.29 is 9.18 Å². The summed E-state index contributed by atoms with van der Waals surface area (Å²) in [7, 11) is 0. The van der Waals surface area contributed by atoms with E-state index < -0.39 is 0 Å². The van der Waals surface area contributed by atoms with Gasteiger partial charge in [0.15, 0.2) is 5.82 Å². The molecule has 1 saturated heterocycles. The standard InChI is InChI=1S/C22H20BrFN4O/c23-17-5-9-19(10-6-17)26-22(29)16-2-1-13-28(14-16)20-11-12-25-21(27-20)15-3-7-18(24)8-4-15/h3-12,16H,1-2,13-14H2,(H,26,29)/t16-/m1/s1. The number of carbonyl (C=O) groups excluding carboxylic acids is 1. The SMILES string of the molecule is O=C(Nc1ccc(Br)cc1)[C@@H]1CCCN(c2ccnc(-c3ccc(F)cc3)n2)C1. The van der Waals surface area contributed by atoms with Crippen LogP contribution < -0.4 is 10.2 Å². The average Bonchev–Trinajstić information content (AvgIpc) is 2.76. The topological polar surface area (TPSA) is 58.1 Å². The van der Waals surface area contributed by atoms with Gasteiger partial charge in [0.1, 0.15) is 11.6 Å². The summed E-state index contributed by atoms with van der Waals surface area (Å²) in [5, 5.41) is 3.00. The molecule has 1 fully saturated rings. The fourth-order valence-electron chi connectivity index (χ4n) is 3.44. The molecule has 148 valence electrons. The van der Waals surface area contributed by atoms with Crippen LogP contribution in [0, 0.1) is 11.7 Å². The fraction of sp³-hybridized carbons (Fsp3) is 0.227. The Morgan fingerprint density at radius 3 is 2.62 bits per heavy atom. The van der Waals surface area contributed by atoms with Gasteiger partial charge in [-0.3, -0.25) is 4.79 Å². The Balaban J connectivity index is 1.46. The predicted octanol–water partition coefficient (Wildman–Crippen LogP) is 4.90. The van der Waals surface area contributed by atoms with E-state index in [1.807, 2.05) is 30.3 Å². The second-order valence-corrected chi connectivity index (χ2v) is 7.94. The maximum atomic E-state index is 13.2. The highest BCUT2D eigenvalue weighted by Crippen LogP contribution is 2.25. The van der Waals surface area contributed by atoms with Gasteiger partial charge < -0.3 is 10.2 Å². The lowest BCUT2D eigenvalue weighted by molar-refractivity contribution is -0.120. The molecule has 0 radical (unpaired) electrons. The minimum Gasteiger partial charge on any atom is -0.356 e. The van der Waals surface area contributed by atoms with Crippen molar-refractivity contribution in [2.45, 2.75) is 12.8 Å². The zero-order valence-electron chi connectivity index (χ0n) is 15.7. The maximum Gasteiger partial charge on any atom is 0.229 e. The van der Waals surface area contributed by atoms with Gasteiger partial charge in [-0.2, -0.15) is 0 Å². The summed E-state index contributed by atoms with van der Waals surface area (Å²) in [5.74, 6) is 0.937. The highest BCUT2D eigenvalue weighted by atomic mass is 79.9. The molecule has 7 heteroatoms. The number of aromatic nitrogens is 2. The van der Waals surface area contributed by atoms with E-state index in [2.05, 4.69) is 36.1 Å². The van der Waals surface area contributed by atoms with Gasteiger partial charge in [0.25, 0.3) is 0 Å². The van der Waals surface area contributed by atoms with Gasteiger partial charge in [-0.15, -0.1) is 0 Å². The zero-order valence-corrected chi connectivity index (χ0v) is 17.3. The number of anilines is 2. The smallest absolute Gasteiger partial charge is 0.229 e. The van der Waals surface area contributed by atoms with E-state index in [-0.39, 0.29) is 17.6 Å². The first-order valence-electron chi connectivity index (χ1n) is 9.49. The maximum absolute atomic E-state index is 13.2. The van der Waals surface area contributed by atoms with E-state index in [1.54, 1.807) is 18.3 Å². The number of carbonyl (C=O) groups is 1. The van der Waals surface area contributed by atoms with Crippen LogP contribution >= 0.6 is 15.9 Å². The van der Waals surface area contributed by atoms with Gasteiger partial charge in [0.05, 0.1) is 5.92 Å². The van der Waals surface area contributed by atoms with E-state index in [9.17, 15) is 9.18 Å². The molecule has 5 nitrogen and oxygen atoms in total. The minimum absolute atomic E-state index is 0.0184. The van der Waals surface area contributed by atoms with Gasteiger partial charge >= 0.3 is 0 Å².